The Morgan fingerprint density at radius 3 is 2.23 bits per heavy atom. The molecule has 1 aromatic carbocycles. The van der Waals surface area contributed by atoms with Crippen molar-refractivity contribution >= 4 is 23.4 Å². The van der Waals surface area contributed by atoms with E-state index in [4.69, 9.17) is 4.74 Å². The first-order valence-electron chi connectivity index (χ1n) is 9.48. The van der Waals surface area contributed by atoms with Gasteiger partial charge in [-0.1, -0.05) is 26.2 Å². The van der Waals surface area contributed by atoms with Gasteiger partial charge in [0.25, 0.3) is 0 Å². The summed E-state index contributed by atoms with van der Waals surface area (Å²) in [6.07, 6.45) is 6.65. The molecule has 0 spiro atoms. The molecule has 0 saturated carbocycles. The van der Waals surface area contributed by atoms with Crippen LogP contribution in [-0.4, -0.2) is 37.9 Å². The van der Waals surface area contributed by atoms with E-state index in [1.165, 1.54) is 12.8 Å². The van der Waals surface area contributed by atoms with Crippen LogP contribution >= 0.6 is 0 Å². The first-order valence-corrected chi connectivity index (χ1v) is 9.48. The van der Waals surface area contributed by atoms with Crippen LogP contribution in [0.15, 0.2) is 24.3 Å². The summed E-state index contributed by atoms with van der Waals surface area (Å²) in [6.45, 7) is 4.13. The Bertz CT molecular complexity index is 556. The highest BCUT2D eigenvalue weighted by Crippen LogP contribution is 2.14. The fourth-order valence-electron chi connectivity index (χ4n) is 2.75. The molecule has 0 aliphatic carbocycles. The number of hydrogen-bond donors (Lipinski definition) is 4. The second-order valence-electron chi connectivity index (χ2n) is 6.49. The number of urea groups is 2. The fraction of sp³-hybridized carbons (Fsp3) is 0.579. The van der Waals surface area contributed by atoms with Crippen LogP contribution in [0.25, 0.3) is 0 Å². The molecular formula is C19H30N4O3. The van der Waals surface area contributed by atoms with Crippen molar-refractivity contribution in [3.63, 3.8) is 0 Å². The largest absolute Gasteiger partial charge is 0.376 e. The topological polar surface area (TPSA) is 91.5 Å². The minimum Gasteiger partial charge on any atom is -0.376 e. The van der Waals surface area contributed by atoms with Crippen molar-refractivity contribution in [1.29, 1.82) is 0 Å². The molecule has 0 radical (unpaired) electrons. The third-order valence-corrected chi connectivity index (χ3v) is 4.23. The van der Waals surface area contributed by atoms with Gasteiger partial charge in [-0.2, -0.15) is 0 Å². The molecule has 4 N–H and O–H groups in total. The average Bonchev–Trinajstić information content (AvgIpc) is 3.15. The van der Waals surface area contributed by atoms with Crippen molar-refractivity contribution in [1.82, 2.24) is 10.6 Å². The Labute approximate surface area is 155 Å². The summed E-state index contributed by atoms with van der Waals surface area (Å²) in [7, 11) is 0. The summed E-state index contributed by atoms with van der Waals surface area (Å²) in [5.74, 6) is 0. The molecule has 1 aromatic rings. The molecule has 1 aliphatic rings. The first-order chi connectivity index (χ1) is 12.7. The van der Waals surface area contributed by atoms with Crippen molar-refractivity contribution < 1.29 is 14.3 Å². The number of carbonyl (C=O) groups excluding carboxylic acids is 2. The minimum atomic E-state index is -0.258. The molecule has 1 heterocycles. The van der Waals surface area contributed by atoms with Crippen LogP contribution in [0.1, 0.15) is 45.4 Å². The van der Waals surface area contributed by atoms with E-state index in [1.807, 2.05) is 0 Å². The van der Waals surface area contributed by atoms with Gasteiger partial charge in [-0.15, -0.1) is 0 Å². The van der Waals surface area contributed by atoms with Gasteiger partial charge in [0.05, 0.1) is 6.10 Å². The molecule has 144 valence electrons. The Morgan fingerprint density at radius 1 is 1.00 bits per heavy atom. The quantitative estimate of drug-likeness (QED) is 0.505. The normalized spacial score (nSPS) is 16.1. The molecule has 1 unspecified atom stereocenters. The molecule has 0 bridgehead atoms. The van der Waals surface area contributed by atoms with Crippen molar-refractivity contribution in [2.45, 2.75) is 51.6 Å². The molecule has 2 rings (SSSR count). The maximum atomic E-state index is 11.9. The van der Waals surface area contributed by atoms with Gasteiger partial charge in [0.1, 0.15) is 0 Å². The number of unbranched alkanes of at least 4 members (excludes halogenated alkanes) is 3. The zero-order valence-electron chi connectivity index (χ0n) is 15.5. The number of ether oxygens (including phenoxy) is 1. The van der Waals surface area contributed by atoms with Gasteiger partial charge >= 0.3 is 12.1 Å². The van der Waals surface area contributed by atoms with E-state index in [-0.39, 0.29) is 18.2 Å². The van der Waals surface area contributed by atoms with Gasteiger partial charge in [-0.25, -0.2) is 9.59 Å². The Hall–Kier alpha value is -2.28. The van der Waals surface area contributed by atoms with E-state index in [2.05, 4.69) is 28.2 Å². The van der Waals surface area contributed by atoms with Crippen molar-refractivity contribution in [2.75, 3.05) is 30.3 Å². The predicted molar refractivity (Wildman–Crippen MR) is 104 cm³/mol. The minimum absolute atomic E-state index is 0.118. The second kappa shape index (κ2) is 11.4. The molecule has 0 aromatic heterocycles. The standard InChI is InChI=1S/C19H30N4O3/c1-2-3-4-5-12-20-18(24)22-15-8-10-16(11-9-15)23-19(25)21-14-17-7-6-13-26-17/h8-11,17H,2-7,12-14H2,1H3,(H2,20,22,24)(H2,21,23,25). The van der Waals surface area contributed by atoms with Gasteiger partial charge in [-0.3, -0.25) is 0 Å². The fourth-order valence-corrected chi connectivity index (χ4v) is 2.75. The predicted octanol–water partition coefficient (Wildman–Crippen LogP) is 3.69. The zero-order chi connectivity index (χ0) is 18.6. The monoisotopic (exact) mass is 362 g/mol. The molecule has 7 nitrogen and oxygen atoms in total. The highest BCUT2D eigenvalue weighted by atomic mass is 16.5. The summed E-state index contributed by atoms with van der Waals surface area (Å²) in [5, 5.41) is 11.2. The molecule has 26 heavy (non-hydrogen) atoms. The Kier molecular flexibility index (Phi) is 8.75. The van der Waals surface area contributed by atoms with Gasteiger partial charge in [0, 0.05) is 31.1 Å². The average molecular weight is 362 g/mol. The number of benzene rings is 1. The number of hydrogen-bond acceptors (Lipinski definition) is 3. The van der Waals surface area contributed by atoms with Crippen LogP contribution in [0.3, 0.4) is 0 Å². The maximum absolute atomic E-state index is 11.9. The van der Waals surface area contributed by atoms with Crippen molar-refractivity contribution in [3.8, 4) is 0 Å². The second-order valence-corrected chi connectivity index (χ2v) is 6.49. The molecule has 1 saturated heterocycles. The van der Waals surface area contributed by atoms with Gasteiger partial charge in [-0.05, 0) is 43.5 Å². The maximum Gasteiger partial charge on any atom is 0.319 e. The number of anilines is 2. The lowest BCUT2D eigenvalue weighted by atomic mass is 10.2. The summed E-state index contributed by atoms with van der Waals surface area (Å²) in [5.41, 5.74) is 1.35. The van der Waals surface area contributed by atoms with E-state index in [0.29, 0.717) is 24.5 Å². The van der Waals surface area contributed by atoms with Gasteiger partial charge in [0.15, 0.2) is 0 Å². The molecule has 1 aliphatic heterocycles. The van der Waals surface area contributed by atoms with Crippen LogP contribution < -0.4 is 21.3 Å². The van der Waals surface area contributed by atoms with E-state index in [9.17, 15) is 9.59 Å². The smallest absolute Gasteiger partial charge is 0.319 e. The lowest BCUT2D eigenvalue weighted by molar-refractivity contribution is 0.112. The number of rotatable bonds is 9. The highest BCUT2D eigenvalue weighted by molar-refractivity contribution is 5.91. The van der Waals surface area contributed by atoms with E-state index < -0.39 is 0 Å². The first kappa shape index (κ1) is 20.0. The molecule has 1 atom stereocenters. The van der Waals surface area contributed by atoms with Crippen LogP contribution in [0.4, 0.5) is 21.0 Å². The van der Waals surface area contributed by atoms with E-state index >= 15 is 0 Å². The third-order valence-electron chi connectivity index (χ3n) is 4.23. The Morgan fingerprint density at radius 2 is 1.65 bits per heavy atom. The SMILES string of the molecule is CCCCCCNC(=O)Nc1ccc(NC(=O)NCC2CCCO2)cc1. The molecule has 1 fully saturated rings. The summed E-state index contributed by atoms with van der Waals surface area (Å²) in [4.78, 5) is 23.7. The number of carbonyl (C=O) groups is 2. The van der Waals surface area contributed by atoms with Gasteiger partial charge < -0.3 is 26.0 Å². The number of nitrogens with one attached hydrogen (secondary N) is 4. The summed E-state index contributed by atoms with van der Waals surface area (Å²) >= 11 is 0. The summed E-state index contributed by atoms with van der Waals surface area (Å²) < 4.78 is 5.46. The van der Waals surface area contributed by atoms with Crippen molar-refractivity contribution in [2.24, 2.45) is 0 Å². The van der Waals surface area contributed by atoms with Crippen LogP contribution in [-0.2, 0) is 4.74 Å². The number of amides is 4. The summed E-state index contributed by atoms with van der Waals surface area (Å²) in [6, 6.07) is 6.55. The van der Waals surface area contributed by atoms with Gasteiger partial charge in [0.2, 0.25) is 0 Å². The molecule has 7 heteroatoms. The lowest BCUT2D eigenvalue weighted by Gasteiger charge is -2.12. The van der Waals surface area contributed by atoms with Crippen molar-refractivity contribution in [3.05, 3.63) is 24.3 Å². The lowest BCUT2D eigenvalue weighted by Crippen LogP contribution is -2.35. The molecular weight excluding hydrogens is 332 g/mol. The third kappa shape index (κ3) is 7.74. The van der Waals surface area contributed by atoms with Crippen LogP contribution in [0.2, 0.25) is 0 Å². The van der Waals surface area contributed by atoms with Crippen LogP contribution in [0.5, 0.6) is 0 Å². The zero-order valence-corrected chi connectivity index (χ0v) is 15.5. The highest BCUT2D eigenvalue weighted by Gasteiger charge is 2.16. The molecule has 4 amide bonds. The van der Waals surface area contributed by atoms with E-state index in [1.54, 1.807) is 24.3 Å². The van der Waals surface area contributed by atoms with E-state index in [0.717, 1.165) is 32.3 Å². The van der Waals surface area contributed by atoms with Crippen LogP contribution in [0, 0.1) is 0 Å². The Balaban J connectivity index is 1.65.